The Balaban J connectivity index is 2.35. The fraction of sp³-hybridized carbons (Fsp3) is 0.375. The zero-order valence-electron chi connectivity index (χ0n) is 13.0. The zero-order valence-corrected chi connectivity index (χ0v) is 13.0. The van der Waals surface area contributed by atoms with Gasteiger partial charge in [-0.3, -0.25) is 0 Å². The molecule has 2 rings (SSSR count). The third-order valence-corrected chi connectivity index (χ3v) is 3.37. The molecular weight excluding hydrogens is 264 g/mol. The second kappa shape index (κ2) is 6.92. The van der Waals surface area contributed by atoms with Crippen LogP contribution in [0.3, 0.4) is 0 Å². The minimum atomic E-state index is 0.851. The number of nitrogens with zero attached hydrogens (tertiary/aromatic N) is 2. The van der Waals surface area contributed by atoms with Crippen LogP contribution >= 0.6 is 0 Å². The average Bonchev–Trinajstić information content (AvgIpc) is 2.51. The van der Waals surface area contributed by atoms with Crippen molar-refractivity contribution < 1.29 is 4.74 Å². The van der Waals surface area contributed by atoms with Crippen LogP contribution < -0.4 is 15.4 Å². The molecule has 1 heterocycles. The second-order valence-corrected chi connectivity index (χ2v) is 4.86. The summed E-state index contributed by atoms with van der Waals surface area (Å²) in [6, 6.07) is 5.95. The first-order valence-corrected chi connectivity index (χ1v) is 7.12. The number of aryl methyl sites for hydroxylation is 1. The summed E-state index contributed by atoms with van der Waals surface area (Å²) in [6.45, 7) is 4.19. The van der Waals surface area contributed by atoms with Gasteiger partial charge in [-0.25, -0.2) is 9.97 Å². The van der Waals surface area contributed by atoms with Gasteiger partial charge in [-0.1, -0.05) is 13.3 Å². The van der Waals surface area contributed by atoms with Crippen LogP contribution in [0.25, 0.3) is 0 Å². The molecule has 2 N–H and O–H groups in total. The Hall–Kier alpha value is -2.30. The summed E-state index contributed by atoms with van der Waals surface area (Å²) in [5, 5.41) is 6.53. The Morgan fingerprint density at radius 2 is 1.95 bits per heavy atom. The maximum absolute atomic E-state index is 5.24. The number of aromatic nitrogens is 2. The highest BCUT2D eigenvalue weighted by Gasteiger charge is 2.11. The number of anilines is 3. The van der Waals surface area contributed by atoms with Gasteiger partial charge in [0, 0.05) is 18.3 Å². The molecule has 0 spiro atoms. The van der Waals surface area contributed by atoms with E-state index in [-0.39, 0.29) is 0 Å². The smallest absolute Gasteiger partial charge is 0.139 e. The van der Waals surface area contributed by atoms with Gasteiger partial charge in [0.05, 0.1) is 7.11 Å². The summed E-state index contributed by atoms with van der Waals surface area (Å²) in [5.41, 5.74) is 3.24. The highest BCUT2D eigenvalue weighted by molar-refractivity contribution is 5.67. The van der Waals surface area contributed by atoms with Crippen LogP contribution in [-0.4, -0.2) is 24.1 Å². The molecule has 1 aromatic carbocycles. The largest absolute Gasteiger partial charge is 0.497 e. The van der Waals surface area contributed by atoms with Crippen molar-refractivity contribution in [2.45, 2.75) is 26.7 Å². The third-order valence-electron chi connectivity index (χ3n) is 3.37. The van der Waals surface area contributed by atoms with Gasteiger partial charge in [0.25, 0.3) is 0 Å². The minimum absolute atomic E-state index is 0.851. The lowest BCUT2D eigenvalue weighted by atomic mass is 10.1. The van der Waals surface area contributed by atoms with Gasteiger partial charge in [0.1, 0.15) is 23.7 Å². The van der Waals surface area contributed by atoms with E-state index in [9.17, 15) is 0 Å². The van der Waals surface area contributed by atoms with Crippen molar-refractivity contribution in [3.05, 3.63) is 35.7 Å². The van der Waals surface area contributed by atoms with Gasteiger partial charge >= 0.3 is 0 Å². The lowest BCUT2D eigenvalue weighted by Gasteiger charge is -2.15. The van der Waals surface area contributed by atoms with Gasteiger partial charge in [-0.2, -0.15) is 0 Å². The van der Waals surface area contributed by atoms with Gasteiger partial charge in [0.15, 0.2) is 0 Å². The standard InChI is InChI=1S/C16H22N4O/c1-5-6-13-15(17-3)18-10-19-16(13)20-14-8-7-12(21-4)9-11(14)2/h7-10H,5-6H2,1-4H3,(H2,17,18,19,20). The van der Waals surface area contributed by atoms with Crippen LogP contribution in [0.15, 0.2) is 24.5 Å². The Labute approximate surface area is 125 Å². The molecule has 0 unspecified atom stereocenters. The molecule has 0 amide bonds. The SMILES string of the molecule is CCCc1c(NC)ncnc1Nc1ccc(OC)cc1C. The Morgan fingerprint density at radius 3 is 2.57 bits per heavy atom. The number of benzene rings is 1. The van der Waals surface area contributed by atoms with Crippen molar-refractivity contribution in [3.63, 3.8) is 0 Å². The molecule has 0 saturated heterocycles. The molecule has 0 radical (unpaired) electrons. The van der Waals surface area contributed by atoms with E-state index in [1.807, 2.05) is 32.2 Å². The molecule has 5 nitrogen and oxygen atoms in total. The van der Waals surface area contributed by atoms with E-state index in [0.29, 0.717) is 0 Å². The van der Waals surface area contributed by atoms with Crippen molar-refractivity contribution in [1.82, 2.24) is 9.97 Å². The summed E-state index contributed by atoms with van der Waals surface area (Å²) >= 11 is 0. The maximum Gasteiger partial charge on any atom is 0.139 e. The molecule has 0 aliphatic rings. The predicted octanol–water partition coefficient (Wildman–Crippen LogP) is 3.53. The first-order chi connectivity index (χ1) is 10.2. The van der Waals surface area contributed by atoms with Gasteiger partial charge in [-0.05, 0) is 37.1 Å². The highest BCUT2D eigenvalue weighted by Crippen LogP contribution is 2.28. The van der Waals surface area contributed by atoms with Crippen LogP contribution in [0.1, 0.15) is 24.5 Å². The molecule has 2 aromatic rings. The Kier molecular flexibility index (Phi) is 4.98. The molecule has 0 aliphatic heterocycles. The van der Waals surface area contributed by atoms with Crippen molar-refractivity contribution in [2.75, 3.05) is 24.8 Å². The fourth-order valence-electron chi connectivity index (χ4n) is 2.25. The van der Waals surface area contributed by atoms with E-state index in [2.05, 4.69) is 27.5 Å². The van der Waals surface area contributed by atoms with E-state index in [1.54, 1.807) is 13.4 Å². The summed E-state index contributed by atoms with van der Waals surface area (Å²) < 4.78 is 5.24. The molecule has 5 heteroatoms. The quantitative estimate of drug-likeness (QED) is 0.850. The first-order valence-electron chi connectivity index (χ1n) is 7.12. The molecule has 0 saturated carbocycles. The van der Waals surface area contributed by atoms with E-state index in [4.69, 9.17) is 4.74 Å². The fourth-order valence-corrected chi connectivity index (χ4v) is 2.25. The maximum atomic E-state index is 5.24. The monoisotopic (exact) mass is 286 g/mol. The number of rotatable bonds is 6. The van der Waals surface area contributed by atoms with Crippen LogP contribution in [0.2, 0.25) is 0 Å². The summed E-state index contributed by atoms with van der Waals surface area (Å²) in [7, 11) is 3.55. The summed E-state index contributed by atoms with van der Waals surface area (Å²) in [4.78, 5) is 8.68. The molecule has 0 fully saturated rings. The molecule has 21 heavy (non-hydrogen) atoms. The minimum Gasteiger partial charge on any atom is -0.497 e. The van der Waals surface area contributed by atoms with Gasteiger partial charge < -0.3 is 15.4 Å². The van der Waals surface area contributed by atoms with Crippen molar-refractivity contribution in [3.8, 4) is 5.75 Å². The van der Waals surface area contributed by atoms with Crippen molar-refractivity contribution in [2.24, 2.45) is 0 Å². The molecular formula is C16H22N4O. The van der Waals surface area contributed by atoms with Crippen LogP contribution in [0.5, 0.6) is 5.75 Å². The Bertz CT molecular complexity index is 613. The normalized spacial score (nSPS) is 10.3. The third kappa shape index (κ3) is 3.42. The molecule has 0 aliphatic carbocycles. The molecule has 0 bridgehead atoms. The predicted molar refractivity (Wildman–Crippen MR) is 86.6 cm³/mol. The van der Waals surface area contributed by atoms with Crippen molar-refractivity contribution in [1.29, 1.82) is 0 Å². The Morgan fingerprint density at radius 1 is 1.19 bits per heavy atom. The number of nitrogens with one attached hydrogen (secondary N) is 2. The van der Waals surface area contributed by atoms with E-state index in [1.165, 1.54) is 0 Å². The van der Waals surface area contributed by atoms with Crippen LogP contribution in [-0.2, 0) is 6.42 Å². The lowest BCUT2D eigenvalue weighted by molar-refractivity contribution is 0.414. The van der Waals surface area contributed by atoms with Gasteiger partial charge in [0.2, 0.25) is 0 Å². The summed E-state index contributed by atoms with van der Waals surface area (Å²) in [5.74, 6) is 2.58. The van der Waals surface area contributed by atoms with Gasteiger partial charge in [-0.15, -0.1) is 0 Å². The van der Waals surface area contributed by atoms with Crippen LogP contribution in [0.4, 0.5) is 17.3 Å². The average molecular weight is 286 g/mol. The first kappa shape index (κ1) is 15.1. The molecule has 112 valence electrons. The van der Waals surface area contributed by atoms with Crippen LogP contribution in [0, 0.1) is 6.92 Å². The van der Waals surface area contributed by atoms with E-state index >= 15 is 0 Å². The number of methoxy groups -OCH3 is 1. The topological polar surface area (TPSA) is 59.1 Å². The summed E-state index contributed by atoms with van der Waals surface area (Å²) in [6.07, 6.45) is 3.54. The lowest BCUT2D eigenvalue weighted by Crippen LogP contribution is -2.06. The zero-order chi connectivity index (χ0) is 15.2. The van der Waals surface area contributed by atoms with E-state index in [0.717, 1.165) is 47.0 Å². The molecule has 0 atom stereocenters. The number of hydrogen-bond donors (Lipinski definition) is 2. The molecule has 1 aromatic heterocycles. The number of hydrogen-bond acceptors (Lipinski definition) is 5. The highest BCUT2D eigenvalue weighted by atomic mass is 16.5. The second-order valence-electron chi connectivity index (χ2n) is 4.86. The van der Waals surface area contributed by atoms with Crippen molar-refractivity contribution >= 4 is 17.3 Å². The van der Waals surface area contributed by atoms with E-state index < -0.39 is 0 Å². The number of ether oxygens (including phenoxy) is 1.